The SMILES string of the molecule is COc1cc2c(cc1OC)CN(c1ccc(NS(=O)(=O)N(C)C)cn1)CC2. The predicted octanol–water partition coefficient (Wildman–Crippen LogP) is 1.88. The Hall–Kier alpha value is -2.52. The molecule has 1 N–H and O–H groups in total. The standard InChI is InChI=1S/C18H24N4O4S/c1-21(2)27(23,24)20-15-5-6-18(19-11-15)22-8-7-13-9-16(25-3)17(26-4)10-14(13)12-22/h5-6,9-11,20H,7-8,12H2,1-4H3. The summed E-state index contributed by atoms with van der Waals surface area (Å²) in [6, 6.07) is 7.56. The fraction of sp³-hybridized carbons (Fsp3) is 0.389. The van der Waals surface area contributed by atoms with Crippen LogP contribution in [0.15, 0.2) is 30.5 Å². The lowest BCUT2D eigenvalue weighted by Crippen LogP contribution is -2.31. The van der Waals surface area contributed by atoms with Crippen LogP contribution in [0.25, 0.3) is 0 Å². The van der Waals surface area contributed by atoms with Crippen LogP contribution in [0.2, 0.25) is 0 Å². The van der Waals surface area contributed by atoms with E-state index in [-0.39, 0.29) is 0 Å². The largest absolute Gasteiger partial charge is 0.493 e. The van der Waals surface area contributed by atoms with Crippen LogP contribution in [0.3, 0.4) is 0 Å². The Morgan fingerprint density at radius 2 is 1.78 bits per heavy atom. The topological polar surface area (TPSA) is 84.0 Å². The summed E-state index contributed by atoms with van der Waals surface area (Å²) < 4.78 is 38.1. The van der Waals surface area contributed by atoms with Crippen molar-refractivity contribution in [2.24, 2.45) is 0 Å². The minimum Gasteiger partial charge on any atom is -0.493 e. The minimum absolute atomic E-state index is 0.427. The highest BCUT2D eigenvalue weighted by Crippen LogP contribution is 2.34. The van der Waals surface area contributed by atoms with Crippen LogP contribution in [0, 0.1) is 0 Å². The van der Waals surface area contributed by atoms with Crippen molar-refractivity contribution in [3.8, 4) is 11.5 Å². The van der Waals surface area contributed by atoms with E-state index in [1.807, 2.05) is 18.2 Å². The molecule has 0 spiro atoms. The van der Waals surface area contributed by atoms with Crippen molar-refractivity contribution in [1.82, 2.24) is 9.29 Å². The van der Waals surface area contributed by atoms with Crippen molar-refractivity contribution in [3.05, 3.63) is 41.6 Å². The summed E-state index contributed by atoms with van der Waals surface area (Å²) in [7, 11) is 2.66. The van der Waals surface area contributed by atoms with Crippen LogP contribution in [0.1, 0.15) is 11.1 Å². The number of benzene rings is 1. The first-order chi connectivity index (χ1) is 12.8. The highest BCUT2D eigenvalue weighted by molar-refractivity contribution is 7.90. The van der Waals surface area contributed by atoms with Gasteiger partial charge in [0, 0.05) is 27.2 Å². The summed E-state index contributed by atoms with van der Waals surface area (Å²) in [4.78, 5) is 6.57. The second kappa shape index (κ2) is 7.61. The fourth-order valence-corrected chi connectivity index (χ4v) is 3.55. The molecule has 27 heavy (non-hydrogen) atoms. The van der Waals surface area contributed by atoms with E-state index in [0.717, 1.165) is 34.4 Å². The van der Waals surface area contributed by atoms with Gasteiger partial charge in [-0.2, -0.15) is 12.7 Å². The van der Waals surface area contributed by atoms with E-state index in [2.05, 4.69) is 14.6 Å². The van der Waals surface area contributed by atoms with Crippen molar-refractivity contribution in [1.29, 1.82) is 0 Å². The van der Waals surface area contributed by atoms with E-state index in [4.69, 9.17) is 9.47 Å². The summed E-state index contributed by atoms with van der Waals surface area (Å²) in [5, 5.41) is 0. The smallest absolute Gasteiger partial charge is 0.301 e. The van der Waals surface area contributed by atoms with Crippen LogP contribution in [-0.2, 0) is 23.2 Å². The molecule has 2 heterocycles. The van der Waals surface area contributed by atoms with Gasteiger partial charge in [0.2, 0.25) is 0 Å². The molecule has 1 aromatic heterocycles. The zero-order valence-corrected chi connectivity index (χ0v) is 16.7. The maximum Gasteiger partial charge on any atom is 0.301 e. The Balaban J connectivity index is 1.77. The molecule has 1 aromatic carbocycles. The van der Waals surface area contributed by atoms with Gasteiger partial charge in [-0.15, -0.1) is 0 Å². The van der Waals surface area contributed by atoms with Gasteiger partial charge < -0.3 is 14.4 Å². The van der Waals surface area contributed by atoms with Gasteiger partial charge in [-0.1, -0.05) is 0 Å². The van der Waals surface area contributed by atoms with Crippen LogP contribution in [0.5, 0.6) is 11.5 Å². The first-order valence-corrected chi connectivity index (χ1v) is 9.93. The molecule has 0 radical (unpaired) electrons. The van der Waals surface area contributed by atoms with E-state index >= 15 is 0 Å². The third kappa shape index (κ3) is 4.09. The van der Waals surface area contributed by atoms with Gasteiger partial charge >= 0.3 is 10.2 Å². The molecule has 1 aliphatic heterocycles. The molecule has 0 saturated heterocycles. The summed E-state index contributed by atoms with van der Waals surface area (Å²) in [6.45, 7) is 1.52. The van der Waals surface area contributed by atoms with E-state index in [1.165, 1.54) is 25.9 Å². The van der Waals surface area contributed by atoms with Crippen molar-refractivity contribution in [2.45, 2.75) is 13.0 Å². The van der Waals surface area contributed by atoms with Crippen LogP contribution in [0.4, 0.5) is 11.5 Å². The van der Waals surface area contributed by atoms with E-state index < -0.39 is 10.2 Å². The fourth-order valence-electron chi connectivity index (χ4n) is 2.95. The number of aromatic nitrogens is 1. The minimum atomic E-state index is -3.54. The molecule has 0 atom stereocenters. The van der Waals surface area contributed by atoms with Gasteiger partial charge in [-0.05, 0) is 41.8 Å². The molecule has 0 fully saturated rings. The average molecular weight is 392 g/mol. The van der Waals surface area contributed by atoms with Crippen molar-refractivity contribution >= 4 is 21.7 Å². The van der Waals surface area contributed by atoms with Crippen molar-refractivity contribution in [3.63, 3.8) is 0 Å². The predicted molar refractivity (Wildman–Crippen MR) is 105 cm³/mol. The van der Waals surface area contributed by atoms with Crippen molar-refractivity contribution in [2.75, 3.05) is 44.5 Å². The molecule has 8 nitrogen and oxygen atoms in total. The lowest BCUT2D eigenvalue weighted by molar-refractivity contribution is 0.353. The molecular weight excluding hydrogens is 368 g/mol. The first kappa shape index (κ1) is 19.2. The van der Waals surface area contributed by atoms with Gasteiger partial charge in [0.15, 0.2) is 11.5 Å². The van der Waals surface area contributed by atoms with E-state index in [1.54, 1.807) is 20.3 Å². The summed E-state index contributed by atoms with van der Waals surface area (Å²) in [5.74, 6) is 2.24. The number of fused-ring (bicyclic) bond motifs is 1. The zero-order valence-electron chi connectivity index (χ0n) is 15.9. The number of anilines is 2. The molecule has 0 aliphatic carbocycles. The average Bonchev–Trinajstić information content (AvgIpc) is 2.66. The zero-order chi connectivity index (χ0) is 19.6. The molecule has 9 heteroatoms. The maximum atomic E-state index is 11.9. The second-order valence-corrected chi connectivity index (χ2v) is 8.33. The summed E-state index contributed by atoms with van der Waals surface area (Å²) in [5.41, 5.74) is 2.83. The summed E-state index contributed by atoms with van der Waals surface area (Å²) >= 11 is 0. The normalized spacial score (nSPS) is 14.0. The number of hydrogen-bond acceptors (Lipinski definition) is 6. The number of nitrogens with one attached hydrogen (secondary N) is 1. The Morgan fingerprint density at radius 3 is 2.33 bits per heavy atom. The van der Waals surface area contributed by atoms with Gasteiger partial charge in [0.1, 0.15) is 5.82 Å². The van der Waals surface area contributed by atoms with Crippen LogP contribution >= 0.6 is 0 Å². The second-order valence-electron chi connectivity index (χ2n) is 6.44. The quantitative estimate of drug-likeness (QED) is 0.808. The van der Waals surface area contributed by atoms with Gasteiger partial charge in [-0.3, -0.25) is 4.72 Å². The Kier molecular flexibility index (Phi) is 5.43. The molecule has 146 valence electrons. The number of pyridine rings is 1. The molecule has 0 saturated carbocycles. The van der Waals surface area contributed by atoms with Gasteiger partial charge in [0.05, 0.1) is 26.1 Å². The van der Waals surface area contributed by atoms with Gasteiger partial charge in [0.25, 0.3) is 0 Å². The lowest BCUT2D eigenvalue weighted by Gasteiger charge is -2.30. The Morgan fingerprint density at radius 1 is 1.11 bits per heavy atom. The number of nitrogens with zero attached hydrogens (tertiary/aromatic N) is 3. The number of hydrogen-bond donors (Lipinski definition) is 1. The molecule has 0 amide bonds. The van der Waals surface area contributed by atoms with Gasteiger partial charge in [-0.25, -0.2) is 4.98 Å². The third-order valence-electron chi connectivity index (χ3n) is 4.52. The summed E-state index contributed by atoms with van der Waals surface area (Å²) in [6.07, 6.45) is 2.40. The highest BCUT2D eigenvalue weighted by Gasteiger charge is 2.21. The molecule has 0 unspecified atom stereocenters. The monoisotopic (exact) mass is 392 g/mol. The molecule has 2 aromatic rings. The van der Waals surface area contributed by atoms with Crippen molar-refractivity contribution < 1.29 is 17.9 Å². The molecule has 3 rings (SSSR count). The molecular formula is C18H24N4O4S. The maximum absolute atomic E-state index is 11.9. The number of methoxy groups -OCH3 is 2. The van der Waals surface area contributed by atoms with E-state index in [9.17, 15) is 8.42 Å². The Labute approximate surface area is 159 Å². The molecule has 1 aliphatic rings. The molecule has 0 bridgehead atoms. The third-order valence-corrected chi connectivity index (χ3v) is 5.97. The highest BCUT2D eigenvalue weighted by atomic mass is 32.2. The van der Waals surface area contributed by atoms with E-state index in [0.29, 0.717) is 18.0 Å². The number of rotatable bonds is 6. The first-order valence-electron chi connectivity index (χ1n) is 8.49. The van der Waals surface area contributed by atoms with Crippen LogP contribution in [-0.4, -0.2) is 52.6 Å². The van der Waals surface area contributed by atoms with Crippen LogP contribution < -0.4 is 19.1 Å². The Bertz CT molecular complexity index is 914. The lowest BCUT2D eigenvalue weighted by atomic mass is 9.99. The number of ether oxygens (including phenoxy) is 2.